The fourth-order valence-electron chi connectivity index (χ4n) is 2.81. The minimum atomic E-state index is 0.00980. The SMILES string of the molecule is Cc1ccc(C)c(CC(=O)Nc2ccc(Cc3ccncc3)cc2)c1. The van der Waals surface area contributed by atoms with Crippen molar-refractivity contribution in [3.05, 3.63) is 94.8 Å². The molecular weight excluding hydrogens is 308 g/mol. The molecule has 126 valence electrons. The Kier molecular flexibility index (Phi) is 5.24. The van der Waals surface area contributed by atoms with Gasteiger partial charge in [0.15, 0.2) is 0 Å². The van der Waals surface area contributed by atoms with E-state index in [-0.39, 0.29) is 5.91 Å². The van der Waals surface area contributed by atoms with E-state index in [1.54, 1.807) is 12.4 Å². The Bertz CT molecular complexity index is 855. The van der Waals surface area contributed by atoms with Crippen molar-refractivity contribution in [1.82, 2.24) is 4.98 Å². The first-order valence-corrected chi connectivity index (χ1v) is 8.44. The fraction of sp³-hybridized carbons (Fsp3) is 0.182. The van der Waals surface area contributed by atoms with E-state index in [9.17, 15) is 4.79 Å². The summed E-state index contributed by atoms with van der Waals surface area (Å²) in [7, 11) is 0. The highest BCUT2D eigenvalue weighted by Crippen LogP contribution is 2.15. The minimum Gasteiger partial charge on any atom is -0.326 e. The van der Waals surface area contributed by atoms with Gasteiger partial charge in [-0.1, -0.05) is 35.9 Å². The summed E-state index contributed by atoms with van der Waals surface area (Å²) in [5.74, 6) is 0.00980. The standard InChI is InChI=1S/C22H22N2O/c1-16-3-4-17(2)20(13-16)15-22(25)24-21-7-5-18(6-8-21)14-19-9-11-23-12-10-19/h3-13H,14-15H2,1-2H3,(H,24,25). The molecule has 1 heterocycles. The van der Waals surface area contributed by atoms with Crippen LogP contribution in [0.5, 0.6) is 0 Å². The lowest BCUT2D eigenvalue weighted by Crippen LogP contribution is -2.15. The van der Waals surface area contributed by atoms with E-state index in [1.165, 1.54) is 16.7 Å². The van der Waals surface area contributed by atoms with Crippen molar-refractivity contribution < 1.29 is 4.79 Å². The lowest BCUT2D eigenvalue weighted by Gasteiger charge is -2.09. The summed E-state index contributed by atoms with van der Waals surface area (Å²) >= 11 is 0. The first kappa shape index (κ1) is 16.9. The smallest absolute Gasteiger partial charge is 0.228 e. The maximum atomic E-state index is 12.3. The molecule has 0 radical (unpaired) electrons. The number of nitrogens with one attached hydrogen (secondary N) is 1. The second-order valence-corrected chi connectivity index (χ2v) is 6.38. The van der Waals surface area contributed by atoms with Crippen LogP contribution in [0.4, 0.5) is 5.69 Å². The number of pyridine rings is 1. The summed E-state index contributed by atoms with van der Waals surface area (Å²) in [6.07, 6.45) is 4.86. The summed E-state index contributed by atoms with van der Waals surface area (Å²) in [4.78, 5) is 16.3. The third-order valence-electron chi connectivity index (χ3n) is 4.25. The van der Waals surface area contributed by atoms with E-state index in [0.29, 0.717) is 6.42 Å². The van der Waals surface area contributed by atoms with Crippen LogP contribution in [-0.2, 0) is 17.6 Å². The Labute approximate surface area is 148 Å². The normalized spacial score (nSPS) is 10.5. The van der Waals surface area contributed by atoms with Crippen LogP contribution >= 0.6 is 0 Å². The first-order chi connectivity index (χ1) is 12.1. The van der Waals surface area contributed by atoms with E-state index in [2.05, 4.69) is 28.5 Å². The third-order valence-corrected chi connectivity index (χ3v) is 4.25. The molecule has 1 aromatic heterocycles. The molecule has 3 rings (SSSR count). The average molecular weight is 330 g/mol. The van der Waals surface area contributed by atoms with Crippen LogP contribution < -0.4 is 5.32 Å². The highest BCUT2D eigenvalue weighted by Gasteiger charge is 2.07. The largest absolute Gasteiger partial charge is 0.326 e. The van der Waals surface area contributed by atoms with Crippen LogP contribution in [0.3, 0.4) is 0 Å². The molecule has 0 bridgehead atoms. The van der Waals surface area contributed by atoms with Crippen LogP contribution in [0, 0.1) is 13.8 Å². The number of rotatable bonds is 5. The maximum absolute atomic E-state index is 12.3. The number of hydrogen-bond donors (Lipinski definition) is 1. The number of amides is 1. The molecule has 0 aliphatic heterocycles. The van der Waals surface area contributed by atoms with Crippen LogP contribution in [0.15, 0.2) is 67.0 Å². The number of carbonyl (C=O) groups is 1. The Morgan fingerprint density at radius 1 is 0.920 bits per heavy atom. The zero-order chi connectivity index (χ0) is 17.6. The molecule has 0 spiro atoms. The lowest BCUT2D eigenvalue weighted by molar-refractivity contribution is -0.115. The second kappa shape index (κ2) is 7.75. The van der Waals surface area contributed by atoms with Crippen molar-refractivity contribution in [1.29, 1.82) is 0 Å². The summed E-state index contributed by atoms with van der Waals surface area (Å²) < 4.78 is 0. The van der Waals surface area contributed by atoms with Gasteiger partial charge < -0.3 is 5.32 Å². The summed E-state index contributed by atoms with van der Waals surface area (Å²) in [6, 6.07) is 18.2. The van der Waals surface area contributed by atoms with Crippen molar-refractivity contribution in [2.24, 2.45) is 0 Å². The van der Waals surface area contributed by atoms with Crippen LogP contribution in [0.2, 0.25) is 0 Å². The number of hydrogen-bond acceptors (Lipinski definition) is 2. The predicted octanol–water partition coefficient (Wildman–Crippen LogP) is 4.47. The van der Waals surface area contributed by atoms with Gasteiger partial charge in [0, 0.05) is 18.1 Å². The zero-order valence-electron chi connectivity index (χ0n) is 14.6. The van der Waals surface area contributed by atoms with E-state index in [4.69, 9.17) is 0 Å². The Morgan fingerprint density at radius 3 is 2.32 bits per heavy atom. The molecule has 3 nitrogen and oxygen atoms in total. The van der Waals surface area contributed by atoms with Gasteiger partial charge in [-0.2, -0.15) is 0 Å². The average Bonchev–Trinajstić information content (AvgIpc) is 2.61. The van der Waals surface area contributed by atoms with Gasteiger partial charge in [0.2, 0.25) is 5.91 Å². The number of aromatic nitrogens is 1. The third kappa shape index (κ3) is 4.77. The number of benzene rings is 2. The minimum absolute atomic E-state index is 0.00980. The molecule has 0 saturated carbocycles. The van der Waals surface area contributed by atoms with Gasteiger partial charge in [-0.25, -0.2) is 0 Å². The maximum Gasteiger partial charge on any atom is 0.228 e. The Balaban J connectivity index is 1.61. The molecular formula is C22H22N2O. The van der Waals surface area contributed by atoms with Gasteiger partial charge in [-0.3, -0.25) is 9.78 Å². The molecule has 0 saturated heterocycles. The molecule has 3 aromatic rings. The number of anilines is 1. The lowest BCUT2D eigenvalue weighted by atomic mass is 10.0. The summed E-state index contributed by atoms with van der Waals surface area (Å²) in [5, 5.41) is 2.98. The molecule has 1 amide bonds. The highest BCUT2D eigenvalue weighted by molar-refractivity contribution is 5.92. The van der Waals surface area contributed by atoms with Gasteiger partial charge in [0.25, 0.3) is 0 Å². The first-order valence-electron chi connectivity index (χ1n) is 8.44. The summed E-state index contributed by atoms with van der Waals surface area (Å²) in [5.41, 5.74) is 6.66. The molecule has 0 aliphatic carbocycles. The van der Waals surface area contributed by atoms with Crippen molar-refractivity contribution in [2.45, 2.75) is 26.7 Å². The van der Waals surface area contributed by atoms with E-state index >= 15 is 0 Å². The van der Waals surface area contributed by atoms with Gasteiger partial charge in [-0.05, 0) is 66.8 Å². The van der Waals surface area contributed by atoms with Gasteiger partial charge in [0.05, 0.1) is 6.42 Å². The molecule has 25 heavy (non-hydrogen) atoms. The second-order valence-electron chi connectivity index (χ2n) is 6.38. The molecule has 0 atom stereocenters. The predicted molar refractivity (Wildman–Crippen MR) is 102 cm³/mol. The summed E-state index contributed by atoms with van der Waals surface area (Å²) in [6.45, 7) is 4.08. The van der Waals surface area contributed by atoms with Gasteiger partial charge in [0.1, 0.15) is 0 Å². The highest BCUT2D eigenvalue weighted by atomic mass is 16.1. The van der Waals surface area contributed by atoms with E-state index in [0.717, 1.165) is 23.2 Å². The Morgan fingerprint density at radius 2 is 1.60 bits per heavy atom. The van der Waals surface area contributed by atoms with Crippen LogP contribution in [-0.4, -0.2) is 10.9 Å². The van der Waals surface area contributed by atoms with Crippen molar-refractivity contribution in [3.8, 4) is 0 Å². The number of nitrogens with zero attached hydrogens (tertiary/aromatic N) is 1. The quantitative estimate of drug-likeness (QED) is 0.750. The van der Waals surface area contributed by atoms with E-state index in [1.807, 2.05) is 50.2 Å². The monoisotopic (exact) mass is 330 g/mol. The van der Waals surface area contributed by atoms with Crippen molar-refractivity contribution >= 4 is 11.6 Å². The van der Waals surface area contributed by atoms with Crippen LogP contribution in [0.25, 0.3) is 0 Å². The number of aryl methyl sites for hydroxylation is 2. The van der Waals surface area contributed by atoms with Crippen molar-refractivity contribution in [2.75, 3.05) is 5.32 Å². The molecule has 0 fully saturated rings. The topological polar surface area (TPSA) is 42.0 Å². The molecule has 2 aromatic carbocycles. The Hall–Kier alpha value is -2.94. The molecule has 0 aliphatic rings. The number of carbonyl (C=O) groups excluding carboxylic acids is 1. The molecule has 1 N–H and O–H groups in total. The van der Waals surface area contributed by atoms with E-state index < -0.39 is 0 Å². The van der Waals surface area contributed by atoms with Gasteiger partial charge >= 0.3 is 0 Å². The molecule has 0 unspecified atom stereocenters. The zero-order valence-corrected chi connectivity index (χ0v) is 14.6. The van der Waals surface area contributed by atoms with Crippen molar-refractivity contribution in [3.63, 3.8) is 0 Å². The van der Waals surface area contributed by atoms with Crippen LogP contribution in [0.1, 0.15) is 27.8 Å². The molecule has 3 heteroatoms. The fourth-order valence-corrected chi connectivity index (χ4v) is 2.81. The van der Waals surface area contributed by atoms with Gasteiger partial charge in [-0.15, -0.1) is 0 Å².